The fourth-order valence-corrected chi connectivity index (χ4v) is 3.49. The number of carbonyl (C=O) groups excluding carboxylic acids is 2. The van der Waals surface area contributed by atoms with Crippen molar-refractivity contribution in [2.75, 3.05) is 13.1 Å². The Kier molecular flexibility index (Phi) is 5.24. The minimum atomic E-state index is -0.510. The number of amides is 1. The van der Waals surface area contributed by atoms with Gasteiger partial charge in [0.15, 0.2) is 5.78 Å². The number of aromatic amines is 1. The lowest BCUT2D eigenvalue weighted by molar-refractivity contribution is 0.0635. The molecule has 1 atom stereocenters. The predicted octanol–water partition coefficient (Wildman–Crippen LogP) is 1.96. The number of pyridine rings is 2. The molecule has 4 heterocycles. The molecule has 4 rings (SSSR count). The predicted molar refractivity (Wildman–Crippen MR) is 105 cm³/mol. The lowest BCUT2D eigenvalue weighted by atomic mass is 9.90. The molecule has 8 nitrogen and oxygen atoms in total. The first kappa shape index (κ1) is 18.7. The van der Waals surface area contributed by atoms with Crippen molar-refractivity contribution in [3.05, 3.63) is 76.7 Å². The van der Waals surface area contributed by atoms with Crippen molar-refractivity contribution in [3.8, 4) is 11.4 Å². The molecule has 0 unspecified atom stereocenters. The number of hydrogen-bond acceptors (Lipinski definition) is 6. The second kappa shape index (κ2) is 8.14. The third-order valence-electron chi connectivity index (χ3n) is 4.99. The highest BCUT2D eigenvalue weighted by molar-refractivity contribution is 5.99. The second-order valence-corrected chi connectivity index (χ2v) is 6.91. The molecule has 0 radical (unpaired) electrons. The minimum Gasteiger partial charge on any atom is -0.338 e. The number of Topliss-reactive ketones (excluding diaryl/α,β-unsaturated/α-hetero) is 1. The summed E-state index contributed by atoms with van der Waals surface area (Å²) < 4.78 is 0. The molecule has 1 amide bonds. The zero-order valence-corrected chi connectivity index (χ0v) is 15.6. The first-order chi connectivity index (χ1) is 14.1. The third-order valence-corrected chi connectivity index (χ3v) is 4.99. The number of H-pyrrole nitrogens is 1. The van der Waals surface area contributed by atoms with Gasteiger partial charge in [-0.05, 0) is 37.1 Å². The lowest BCUT2D eigenvalue weighted by Gasteiger charge is -2.31. The molecule has 3 aromatic heterocycles. The molecular weight excluding hydrogens is 370 g/mol. The van der Waals surface area contributed by atoms with Gasteiger partial charge in [-0.2, -0.15) is 0 Å². The summed E-state index contributed by atoms with van der Waals surface area (Å²) in [7, 11) is 0. The third kappa shape index (κ3) is 3.96. The Bertz CT molecular complexity index is 1080. The molecule has 0 bridgehead atoms. The zero-order valence-electron chi connectivity index (χ0n) is 15.6. The maximum absolute atomic E-state index is 12.9. The van der Waals surface area contributed by atoms with Gasteiger partial charge in [0.05, 0.1) is 0 Å². The van der Waals surface area contributed by atoms with E-state index in [4.69, 9.17) is 0 Å². The Labute approximate surface area is 166 Å². The average Bonchev–Trinajstić information content (AvgIpc) is 2.79. The van der Waals surface area contributed by atoms with Crippen LogP contribution in [0.15, 0.2) is 60.0 Å². The molecule has 8 heteroatoms. The van der Waals surface area contributed by atoms with Crippen LogP contribution in [0.3, 0.4) is 0 Å². The van der Waals surface area contributed by atoms with E-state index in [0.717, 1.165) is 0 Å². The molecule has 1 fully saturated rings. The molecule has 0 saturated carbocycles. The van der Waals surface area contributed by atoms with Crippen molar-refractivity contribution in [1.29, 1.82) is 0 Å². The van der Waals surface area contributed by atoms with Gasteiger partial charge in [-0.25, -0.2) is 4.98 Å². The van der Waals surface area contributed by atoms with Crippen molar-refractivity contribution in [2.24, 2.45) is 5.92 Å². The topological polar surface area (TPSA) is 109 Å². The molecule has 0 aromatic carbocycles. The number of hydrogen-bond donors (Lipinski definition) is 1. The van der Waals surface area contributed by atoms with E-state index in [1.807, 2.05) is 0 Å². The first-order valence-corrected chi connectivity index (χ1v) is 9.36. The van der Waals surface area contributed by atoms with Crippen LogP contribution in [0.1, 0.15) is 33.6 Å². The molecule has 146 valence electrons. The molecule has 1 N–H and O–H groups in total. The summed E-state index contributed by atoms with van der Waals surface area (Å²) in [5.74, 6) is -0.406. The average molecular weight is 389 g/mol. The van der Waals surface area contributed by atoms with Gasteiger partial charge in [-0.1, -0.05) is 0 Å². The number of carbonyl (C=O) groups is 2. The van der Waals surface area contributed by atoms with Gasteiger partial charge in [-0.15, -0.1) is 0 Å². The first-order valence-electron chi connectivity index (χ1n) is 9.36. The summed E-state index contributed by atoms with van der Waals surface area (Å²) in [4.78, 5) is 54.5. The van der Waals surface area contributed by atoms with Crippen molar-refractivity contribution in [1.82, 2.24) is 24.8 Å². The summed E-state index contributed by atoms with van der Waals surface area (Å²) in [6.45, 7) is 0.774. The number of nitrogens with one attached hydrogen (secondary N) is 1. The Morgan fingerprint density at radius 2 is 1.86 bits per heavy atom. The van der Waals surface area contributed by atoms with Crippen LogP contribution in [0.25, 0.3) is 11.4 Å². The highest BCUT2D eigenvalue weighted by atomic mass is 16.2. The fraction of sp³-hybridized carbons (Fsp3) is 0.238. The molecule has 1 aliphatic heterocycles. The van der Waals surface area contributed by atoms with Crippen LogP contribution in [-0.4, -0.2) is 49.6 Å². The highest BCUT2D eigenvalue weighted by Crippen LogP contribution is 2.22. The van der Waals surface area contributed by atoms with E-state index in [1.165, 1.54) is 12.4 Å². The Balaban J connectivity index is 1.52. The molecular formula is C21H19N5O3. The smallest absolute Gasteiger partial charge is 0.264 e. The Hall–Kier alpha value is -3.68. The van der Waals surface area contributed by atoms with Crippen LogP contribution >= 0.6 is 0 Å². The largest absolute Gasteiger partial charge is 0.338 e. The quantitative estimate of drug-likeness (QED) is 0.683. The summed E-state index contributed by atoms with van der Waals surface area (Å²) in [5.41, 5.74) is 0.646. The van der Waals surface area contributed by atoms with Crippen molar-refractivity contribution >= 4 is 11.7 Å². The second-order valence-electron chi connectivity index (χ2n) is 6.91. The monoisotopic (exact) mass is 389 g/mol. The van der Waals surface area contributed by atoms with E-state index < -0.39 is 11.5 Å². The number of likely N-dealkylation sites (tertiary alicyclic amines) is 1. The number of aromatic nitrogens is 4. The molecule has 1 aliphatic rings. The minimum absolute atomic E-state index is 0.0328. The van der Waals surface area contributed by atoms with Gasteiger partial charge < -0.3 is 9.88 Å². The fourth-order valence-electron chi connectivity index (χ4n) is 3.49. The van der Waals surface area contributed by atoms with Crippen LogP contribution in [0.5, 0.6) is 0 Å². The van der Waals surface area contributed by atoms with E-state index >= 15 is 0 Å². The summed E-state index contributed by atoms with van der Waals surface area (Å²) >= 11 is 0. The summed E-state index contributed by atoms with van der Waals surface area (Å²) in [6, 6.07) is 6.95. The van der Waals surface area contributed by atoms with E-state index in [9.17, 15) is 14.4 Å². The lowest BCUT2D eigenvalue weighted by Crippen LogP contribution is -2.44. The van der Waals surface area contributed by atoms with Crippen molar-refractivity contribution < 1.29 is 9.59 Å². The van der Waals surface area contributed by atoms with Crippen LogP contribution in [0, 0.1) is 5.92 Å². The van der Waals surface area contributed by atoms with E-state index in [0.29, 0.717) is 36.3 Å². The van der Waals surface area contributed by atoms with E-state index in [-0.39, 0.29) is 23.8 Å². The van der Waals surface area contributed by atoms with Crippen LogP contribution in [0.4, 0.5) is 0 Å². The molecule has 3 aromatic rings. The van der Waals surface area contributed by atoms with Gasteiger partial charge in [-0.3, -0.25) is 24.4 Å². The Morgan fingerprint density at radius 1 is 1.07 bits per heavy atom. The molecule has 0 aliphatic carbocycles. The van der Waals surface area contributed by atoms with Gasteiger partial charge in [0.25, 0.3) is 11.5 Å². The maximum atomic E-state index is 12.9. The van der Waals surface area contributed by atoms with Crippen LogP contribution < -0.4 is 5.56 Å². The van der Waals surface area contributed by atoms with Gasteiger partial charge >= 0.3 is 0 Å². The van der Waals surface area contributed by atoms with Crippen molar-refractivity contribution in [3.63, 3.8) is 0 Å². The van der Waals surface area contributed by atoms with Crippen LogP contribution in [0.2, 0.25) is 0 Å². The number of nitrogens with zero attached hydrogens (tertiary/aromatic N) is 4. The van der Waals surface area contributed by atoms with E-state index in [1.54, 1.807) is 47.8 Å². The van der Waals surface area contributed by atoms with E-state index in [2.05, 4.69) is 19.9 Å². The van der Waals surface area contributed by atoms with Crippen molar-refractivity contribution in [2.45, 2.75) is 12.8 Å². The summed E-state index contributed by atoms with van der Waals surface area (Å²) in [6.07, 6.45) is 9.04. The number of ketones is 1. The molecule has 0 spiro atoms. The highest BCUT2D eigenvalue weighted by Gasteiger charge is 2.30. The SMILES string of the molecule is O=C(c1cccnc1)[C@H]1CCCN(C(=O)c2cnc(-c3cccnc3)[nH]c2=O)C1. The van der Waals surface area contributed by atoms with Crippen LogP contribution in [-0.2, 0) is 0 Å². The zero-order chi connectivity index (χ0) is 20.2. The van der Waals surface area contributed by atoms with Gasteiger partial charge in [0.2, 0.25) is 0 Å². The number of rotatable bonds is 4. The standard InChI is InChI=1S/C21H19N5O3/c27-18(14-4-1-7-22-10-14)16-6-3-9-26(13-16)21(29)17-12-24-19(25-20(17)28)15-5-2-8-23-11-15/h1-2,4-5,7-8,10-12,16H,3,6,9,13H2,(H,24,25,28)/t16-/m0/s1. The normalized spacial score (nSPS) is 16.4. The Morgan fingerprint density at radius 3 is 2.55 bits per heavy atom. The molecule has 29 heavy (non-hydrogen) atoms. The maximum Gasteiger partial charge on any atom is 0.264 e. The van der Waals surface area contributed by atoms with Gasteiger partial charge in [0.1, 0.15) is 11.4 Å². The number of piperidine rings is 1. The summed E-state index contributed by atoms with van der Waals surface area (Å²) in [5, 5.41) is 0. The molecule has 1 saturated heterocycles. The van der Waals surface area contributed by atoms with Gasteiger partial charge in [0, 0.05) is 61.1 Å².